The number of pyridine rings is 1. The van der Waals surface area contributed by atoms with Crippen LogP contribution in [0.3, 0.4) is 0 Å². The van der Waals surface area contributed by atoms with E-state index in [4.69, 9.17) is 16.3 Å². The highest BCUT2D eigenvalue weighted by Crippen LogP contribution is 2.32. The Morgan fingerprint density at radius 3 is 2.72 bits per heavy atom. The molecule has 0 spiro atoms. The maximum atomic E-state index is 11.7. The predicted octanol–water partition coefficient (Wildman–Crippen LogP) is 5.35. The number of para-hydroxylation sites is 1. The summed E-state index contributed by atoms with van der Waals surface area (Å²) in [7, 11) is 0. The van der Waals surface area contributed by atoms with Crippen LogP contribution in [0.5, 0.6) is 5.75 Å². The Balaban J connectivity index is 2.14. The topological polar surface area (TPSA) is 59.4 Å². The van der Waals surface area contributed by atoms with Crippen LogP contribution < -0.4 is 4.74 Å². The van der Waals surface area contributed by atoms with E-state index in [9.17, 15) is 9.90 Å². The summed E-state index contributed by atoms with van der Waals surface area (Å²) >= 11 is 6.30. The van der Waals surface area contributed by atoms with E-state index >= 15 is 0 Å². The maximum absolute atomic E-state index is 11.7. The Morgan fingerprint density at radius 2 is 2.04 bits per heavy atom. The Bertz CT molecular complexity index is 953. The summed E-state index contributed by atoms with van der Waals surface area (Å²) in [4.78, 5) is 16.3. The van der Waals surface area contributed by atoms with Gasteiger partial charge < -0.3 is 9.84 Å². The van der Waals surface area contributed by atoms with E-state index in [1.807, 2.05) is 32.0 Å². The average molecular weight is 356 g/mol. The molecule has 0 fully saturated rings. The van der Waals surface area contributed by atoms with E-state index < -0.39 is 5.97 Å². The standard InChI is InChI=1S/C20H18ClNO3/c1-3-9-25-18-8-7-13(10-16(18)21)17-11-15(20(23)24)14-6-4-5-12(2)19(14)22-17/h4-8,10-11H,3,9H2,1-2H3,(H,23,24). The zero-order chi connectivity index (χ0) is 18.0. The molecule has 0 unspecified atom stereocenters. The molecule has 128 valence electrons. The minimum absolute atomic E-state index is 0.228. The van der Waals surface area contributed by atoms with Gasteiger partial charge in [-0.25, -0.2) is 9.78 Å². The number of aromatic carboxylic acids is 1. The van der Waals surface area contributed by atoms with Gasteiger partial charge in [0.25, 0.3) is 0 Å². The van der Waals surface area contributed by atoms with Crippen LogP contribution in [0.1, 0.15) is 29.3 Å². The number of aromatic nitrogens is 1. The molecule has 3 rings (SSSR count). The van der Waals surface area contributed by atoms with E-state index in [1.165, 1.54) is 0 Å². The highest BCUT2D eigenvalue weighted by Gasteiger charge is 2.15. The number of hydrogen-bond donors (Lipinski definition) is 1. The van der Waals surface area contributed by atoms with Crippen molar-refractivity contribution in [3.8, 4) is 17.0 Å². The lowest BCUT2D eigenvalue weighted by atomic mass is 10.0. The van der Waals surface area contributed by atoms with Crippen LogP contribution in [-0.2, 0) is 0 Å². The maximum Gasteiger partial charge on any atom is 0.336 e. The first kappa shape index (κ1) is 17.2. The average Bonchev–Trinajstić information content (AvgIpc) is 2.60. The van der Waals surface area contributed by atoms with Gasteiger partial charge in [0.15, 0.2) is 0 Å². The highest BCUT2D eigenvalue weighted by molar-refractivity contribution is 6.32. The van der Waals surface area contributed by atoms with Gasteiger partial charge in [0.1, 0.15) is 5.75 Å². The van der Waals surface area contributed by atoms with Gasteiger partial charge in [-0.3, -0.25) is 0 Å². The Hall–Kier alpha value is -2.59. The third-order valence-electron chi connectivity index (χ3n) is 3.96. The van der Waals surface area contributed by atoms with Crippen LogP contribution >= 0.6 is 11.6 Å². The molecule has 0 radical (unpaired) electrons. The van der Waals surface area contributed by atoms with Crippen LogP contribution in [0, 0.1) is 6.92 Å². The molecule has 2 aromatic carbocycles. The van der Waals surface area contributed by atoms with Gasteiger partial charge in [0.2, 0.25) is 0 Å². The summed E-state index contributed by atoms with van der Waals surface area (Å²) < 4.78 is 5.58. The first-order chi connectivity index (χ1) is 12.0. The number of fused-ring (bicyclic) bond motifs is 1. The van der Waals surface area contributed by atoms with Gasteiger partial charge in [0.05, 0.1) is 28.4 Å². The molecule has 0 atom stereocenters. The van der Waals surface area contributed by atoms with Gasteiger partial charge in [-0.2, -0.15) is 0 Å². The minimum Gasteiger partial charge on any atom is -0.492 e. The molecular formula is C20H18ClNO3. The van der Waals surface area contributed by atoms with E-state index in [0.29, 0.717) is 34.0 Å². The molecule has 0 aliphatic heterocycles. The number of carbonyl (C=O) groups is 1. The fourth-order valence-corrected chi connectivity index (χ4v) is 2.94. The molecule has 4 nitrogen and oxygen atoms in total. The van der Waals surface area contributed by atoms with Gasteiger partial charge >= 0.3 is 5.97 Å². The zero-order valence-corrected chi connectivity index (χ0v) is 14.8. The molecule has 0 aliphatic rings. The summed E-state index contributed by atoms with van der Waals surface area (Å²) in [6.45, 7) is 4.53. The molecule has 0 bridgehead atoms. The monoisotopic (exact) mass is 355 g/mol. The first-order valence-electron chi connectivity index (χ1n) is 8.07. The molecule has 0 saturated carbocycles. The summed E-state index contributed by atoms with van der Waals surface area (Å²) in [6, 6.07) is 12.5. The van der Waals surface area contributed by atoms with Crippen molar-refractivity contribution in [3.05, 3.63) is 58.6 Å². The number of halogens is 1. The van der Waals surface area contributed by atoms with Gasteiger partial charge in [-0.1, -0.05) is 36.7 Å². The quantitative estimate of drug-likeness (QED) is 0.670. The van der Waals surface area contributed by atoms with E-state index in [0.717, 1.165) is 17.5 Å². The van der Waals surface area contributed by atoms with Crippen molar-refractivity contribution in [1.29, 1.82) is 0 Å². The number of ether oxygens (including phenoxy) is 1. The lowest BCUT2D eigenvalue weighted by Gasteiger charge is -2.11. The molecule has 3 aromatic rings. The number of rotatable bonds is 5. The smallest absolute Gasteiger partial charge is 0.336 e. The van der Waals surface area contributed by atoms with Crippen molar-refractivity contribution in [3.63, 3.8) is 0 Å². The number of nitrogens with zero attached hydrogens (tertiary/aromatic N) is 1. The summed E-state index contributed by atoms with van der Waals surface area (Å²) in [5.74, 6) is -0.365. The second kappa shape index (κ2) is 7.11. The van der Waals surface area contributed by atoms with Crippen molar-refractivity contribution in [2.24, 2.45) is 0 Å². The second-order valence-electron chi connectivity index (χ2n) is 5.82. The zero-order valence-electron chi connectivity index (χ0n) is 14.0. The fourth-order valence-electron chi connectivity index (χ4n) is 2.71. The molecule has 0 saturated heterocycles. The number of carboxylic acid groups (broad SMARTS) is 1. The lowest BCUT2D eigenvalue weighted by molar-refractivity contribution is 0.0699. The summed E-state index contributed by atoms with van der Waals surface area (Å²) in [5.41, 5.74) is 3.16. The largest absolute Gasteiger partial charge is 0.492 e. The normalized spacial score (nSPS) is 10.8. The van der Waals surface area contributed by atoms with Gasteiger partial charge in [0, 0.05) is 10.9 Å². The molecule has 1 N–H and O–H groups in total. The van der Waals surface area contributed by atoms with Gasteiger partial charge in [-0.05, 0) is 43.2 Å². The van der Waals surface area contributed by atoms with Crippen LogP contribution in [0.4, 0.5) is 0 Å². The van der Waals surface area contributed by atoms with Crippen molar-refractivity contribution in [1.82, 2.24) is 4.98 Å². The lowest BCUT2D eigenvalue weighted by Crippen LogP contribution is -2.01. The number of hydrogen-bond acceptors (Lipinski definition) is 3. The predicted molar refractivity (Wildman–Crippen MR) is 99.7 cm³/mol. The van der Waals surface area contributed by atoms with Gasteiger partial charge in [-0.15, -0.1) is 0 Å². The summed E-state index contributed by atoms with van der Waals surface area (Å²) in [5, 5.41) is 10.7. The van der Waals surface area contributed by atoms with Crippen LogP contribution in [0.2, 0.25) is 5.02 Å². The molecule has 0 aliphatic carbocycles. The highest BCUT2D eigenvalue weighted by atomic mass is 35.5. The Morgan fingerprint density at radius 1 is 1.24 bits per heavy atom. The number of aryl methyl sites for hydroxylation is 1. The van der Waals surface area contributed by atoms with Crippen LogP contribution in [0.25, 0.3) is 22.2 Å². The molecule has 25 heavy (non-hydrogen) atoms. The van der Waals surface area contributed by atoms with E-state index in [2.05, 4.69) is 4.98 Å². The summed E-state index contributed by atoms with van der Waals surface area (Å²) in [6.07, 6.45) is 0.894. The van der Waals surface area contributed by atoms with Crippen molar-refractivity contribution in [2.75, 3.05) is 6.61 Å². The molecular weight excluding hydrogens is 338 g/mol. The van der Waals surface area contributed by atoms with E-state index in [1.54, 1.807) is 24.3 Å². The molecule has 1 heterocycles. The third-order valence-corrected chi connectivity index (χ3v) is 4.26. The fraction of sp³-hybridized carbons (Fsp3) is 0.200. The van der Waals surface area contributed by atoms with Crippen LogP contribution in [0.15, 0.2) is 42.5 Å². The molecule has 1 aromatic heterocycles. The van der Waals surface area contributed by atoms with Crippen molar-refractivity contribution in [2.45, 2.75) is 20.3 Å². The Labute approximate surface area is 151 Å². The first-order valence-corrected chi connectivity index (χ1v) is 8.45. The number of carboxylic acids is 1. The Kier molecular flexibility index (Phi) is 4.91. The van der Waals surface area contributed by atoms with Crippen molar-refractivity contribution >= 4 is 28.5 Å². The third kappa shape index (κ3) is 3.44. The SMILES string of the molecule is CCCOc1ccc(-c2cc(C(=O)O)c3cccc(C)c3n2)cc1Cl. The number of benzene rings is 2. The second-order valence-corrected chi connectivity index (χ2v) is 6.23. The van der Waals surface area contributed by atoms with Crippen molar-refractivity contribution < 1.29 is 14.6 Å². The molecule has 5 heteroatoms. The molecule has 0 amide bonds. The van der Waals surface area contributed by atoms with Crippen LogP contribution in [-0.4, -0.2) is 22.7 Å². The minimum atomic E-state index is -0.978. The van der Waals surface area contributed by atoms with E-state index in [-0.39, 0.29) is 5.56 Å².